The molecule has 0 saturated carbocycles. The Hall–Kier alpha value is -3.17. The molecule has 2 aliphatic heterocycles. The number of allylic oxidation sites excluding steroid dienone is 1. The van der Waals surface area contributed by atoms with Crippen molar-refractivity contribution >= 4 is 22.8 Å². The lowest BCUT2D eigenvalue weighted by Gasteiger charge is -2.32. The topological polar surface area (TPSA) is 72.9 Å². The van der Waals surface area contributed by atoms with Gasteiger partial charge in [0.15, 0.2) is 11.1 Å². The van der Waals surface area contributed by atoms with Gasteiger partial charge in [0.2, 0.25) is 0 Å². The molecular formula is C20H14N2O4. The zero-order valence-electron chi connectivity index (χ0n) is 13.7. The Bertz CT molecular complexity index is 1120. The number of ether oxygens (including phenoxy) is 1. The molecule has 0 bridgehead atoms. The second kappa shape index (κ2) is 5.16. The highest BCUT2D eigenvalue weighted by atomic mass is 16.5. The van der Waals surface area contributed by atoms with Crippen LogP contribution in [0.1, 0.15) is 39.6 Å². The third kappa shape index (κ3) is 1.89. The van der Waals surface area contributed by atoms with E-state index < -0.39 is 11.4 Å². The molecule has 0 radical (unpaired) electrons. The highest BCUT2D eigenvalue weighted by Crippen LogP contribution is 2.50. The van der Waals surface area contributed by atoms with E-state index in [1.54, 1.807) is 6.07 Å². The number of carboxylic acids is 1. The fourth-order valence-electron chi connectivity index (χ4n) is 4.43. The van der Waals surface area contributed by atoms with Crippen molar-refractivity contribution < 1.29 is 14.6 Å². The summed E-state index contributed by atoms with van der Waals surface area (Å²) in [5.74, 6) is -1.21. The molecule has 3 heterocycles. The number of aromatic carboxylic acids is 1. The number of hydrogen-bond donors (Lipinski definition) is 1. The molecular weight excluding hydrogens is 332 g/mol. The molecule has 2 atom stereocenters. The van der Waals surface area contributed by atoms with Gasteiger partial charge in [0.05, 0.1) is 12.6 Å². The van der Waals surface area contributed by atoms with Crippen LogP contribution in [0, 0.1) is 6.57 Å². The zero-order chi connectivity index (χ0) is 18.0. The van der Waals surface area contributed by atoms with Crippen LogP contribution in [0.15, 0.2) is 35.3 Å². The van der Waals surface area contributed by atoms with Gasteiger partial charge in [-0.15, -0.1) is 0 Å². The molecule has 1 aromatic heterocycles. The fraction of sp³-hybridized carbons (Fsp3) is 0.250. The molecule has 0 spiro atoms. The van der Waals surface area contributed by atoms with Crippen LogP contribution in [0.2, 0.25) is 0 Å². The fourth-order valence-corrected chi connectivity index (χ4v) is 4.43. The quantitative estimate of drug-likeness (QED) is 0.806. The number of pyridine rings is 1. The lowest BCUT2D eigenvalue weighted by molar-refractivity contribution is 0.0693. The minimum atomic E-state index is -1.21. The summed E-state index contributed by atoms with van der Waals surface area (Å²) in [6.07, 6.45) is 2.70. The summed E-state index contributed by atoms with van der Waals surface area (Å²) in [5, 5.41) is 9.31. The minimum Gasteiger partial charge on any atom is -0.477 e. The molecule has 1 saturated heterocycles. The van der Waals surface area contributed by atoms with Crippen LogP contribution in [0.4, 0.5) is 5.69 Å². The van der Waals surface area contributed by atoms with Crippen LogP contribution in [-0.4, -0.2) is 28.4 Å². The molecule has 2 aromatic rings. The van der Waals surface area contributed by atoms with E-state index in [0.29, 0.717) is 18.7 Å². The molecule has 0 amide bonds. The van der Waals surface area contributed by atoms with Gasteiger partial charge in [-0.3, -0.25) is 4.79 Å². The van der Waals surface area contributed by atoms with E-state index in [2.05, 4.69) is 4.85 Å². The zero-order valence-corrected chi connectivity index (χ0v) is 13.7. The normalized spacial score (nSPS) is 22.3. The highest BCUT2D eigenvalue weighted by molar-refractivity contribution is 6.00. The van der Waals surface area contributed by atoms with Crippen LogP contribution < -0.4 is 5.43 Å². The maximum absolute atomic E-state index is 12.3. The molecule has 1 N–H and O–H groups in total. The molecule has 1 fully saturated rings. The number of carboxylic acid groups (broad SMARTS) is 1. The number of nitrogens with zero attached hydrogens (tertiary/aromatic N) is 2. The molecule has 0 unspecified atom stereocenters. The second-order valence-electron chi connectivity index (χ2n) is 6.82. The van der Waals surface area contributed by atoms with Gasteiger partial charge < -0.3 is 14.4 Å². The predicted molar refractivity (Wildman–Crippen MR) is 94.3 cm³/mol. The Morgan fingerprint density at radius 2 is 2.19 bits per heavy atom. The van der Waals surface area contributed by atoms with Crippen LogP contribution in [0.5, 0.6) is 0 Å². The van der Waals surface area contributed by atoms with Crippen LogP contribution in [-0.2, 0) is 11.2 Å². The summed E-state index contributed by atoms with van der Waals surface area (Å²) in [6.45, 7) is 7.81. The Labute approximate surface area is 148 Å². The molecule has 128 valence electrons. The average molecular weight is 346 g/mol. The number of hydrogen-bond acceptors (Lipinski definition) is 3. The standard InChI is InChI=1S/C20H14N2O4/c1-21-11-2-3-12-10(6-11)7-13-16-8-17(23)14(20(24)25)9-22(16)15-4-5-26-19(15)18(12)13/h2-3,6,8-9,15,19H,4-5,7H2,(H,24,25)/t15-,19+/m1/s1. The van der Waals surface area contributed by atoms with Crippen LogP contribution in [0.3, 0.4) is 0 Å². The number of aromatic nitrogens is 1. The maximum atomic E-state index is 12.3. The summed E-state index contributed by atoms with van der Waals surface area (Å²) in [7, 11) is 0. The second-order valence-corrected chi connectivity index (χ2v) is 6.82. The molecule has 1 aromatic carbocycles. The molecule has 3 aliphatic rings. The number of benzene rings is 1. The summed E-state index contributed by atoms with van der Waals surface area (Å²) < 4.78 is 7.91. The Morgan fingerprint density at radius 1 is 1.35 bits per heavy atom. The van der Waals surface area contributed by atoms with Crippen molar-refractivity contribution in [3.8, 4) is 0 Å². The van der Waals surface area contributed by atoms with Gasteiger partial charge in [-0.05, 0) is 35.1 Å². The van der Waals surface area contributed by atoms with Gasteiger partial charge in [0.1, 0.15) is 11.7 Å². The minimum absolute atomic E-state index is 0.0195. The van der Waals surface area contributed by atoms with Crippen molar-refractivity contribution in [1.82, 2.24) is 4.57 Å². The van der Waals surface area contributed by atoms with Crippen LogP contribution in [0.25, 0.3) is 16.0 Å². The number of fused-ring (bicyclic) bond motifs is 7. The smallest absolute Gasteiger partial charge is 0.341 e. The van der Waals surface area contributed by atoms with E-state index in [1.807, 2.05) is 16.7 Å². The van der Waals surface area contributed by atoms with E-state index in [1.165, 1.54) is 12.3 Å². The first-order valence-electron chi connectivity index (χ1n) is 8.43. The van der Waals surface area contributed by atoms with E-state index in [-0.39, 0.29) is 17.7 Å². The average Bonchev–Trinajstić information content (AvgIpc) is 3.24. The molecule has 5 rings (SSSR count). The summed E-state index contributed by atoms with van der Waals surface area (Å²) in [6, 6.07) is 7.08. The van der Waals surface area contributed by atoms with Gasteiger partial charge in [-0.2, -0.15) is 0 Å². The van der Waals surface area contributed by atoms with E-state index >= 15 is 0 Å². The largest absolute Gasteiger partial charge is 0.477 e. The van der Waals surface area contributed by atoms with Crippen molar-refractivity contribution in [2.24, 2.45) is 0 Å². The van der Waals surface area contributed by atoms with Crippen molar-refractivity contribution in [2.45, 2.75) is 25.0 Å². The molecule has 26 heavy (non-hydrogen) atoms. The third-order valence-electron chi connectivity index (χ3n) is 5.52. The summed E-state index contributed by atoms with van der Waals surface area (Å²) in [5.41, 5.74) is 4.88. The van der Waals surface area contributed by atoms with Gasteiger partial charge in [0.25, 0.3) is 0 Å². The third-order valence-corrected chi connectivity index (χ3v) is 5.52. The van der Waals surface area contributed by atoms with E-state index in [0.717, 1.165) is 34.4 Å². The lowest BCUT2D eigenvalue weighted by Crippen LogP contribution is -2.31. The van der Waals surface area contributed by atoms with Crippen molar-refractivity contribution in [3.05, 3.63) is 74.5 Å². The summed E-state index contributed by atoms with van der Waals surface area (Å²) in [4.78, 5) is 27.2. The van der Waals surface area contributed by atoms with E-state index in [9.17, 15) is 14.7 Å². The highest BCUT2D eigenvalue weighted by Gasteiger charge is 2.43. The summed E-state index contributed by atoms with van der Waals surface area (Å²) >= 11 is 0. The monoisotopic (exact) mass is 346 g/mol. The first-order chi connectivity index (χ1) is 12.6. The van der Waals surface area contributed by atoms with Gasteiger partial charge in [-0.1, -0.05) is 18.2 Å². The first-order valence-corrected chi connectivity index (χ1v) is 8.43. The number of rotatable bonds is 1. The van der Waals surface area contributed by atoms with Crippen molar-refractivity contribution in [2.75, 3.05) is 6.61 Å². The lowest BCUT2D eigenvalue weighted by atomic mass is 9.89. The maximum Gasteiger partial charge on any atom is 0.341 e. The predicted octanol–water partition coefficient (Wildman–Crippen LogP) is 2.91. The van der Waals surface area contributed by atoms with Gasteiger partial charge in [-0.25, -0.2) is 9.64 Å². The molecule has 6 heteroatoms. The Balaban J connectivity index is 1.77. The Kier molecular flexibility index (Phi) is 3.00. The Morgan fingerprint density at radius 3 is 2.96 bits per heavy atom. The van der Waals surface area contributed by atoms with Crippen molar-refractivity contribution in [1.29, 1.82) is 0 Å². The van der Waals surface area contributed by atoms with Gasteiger partial charge >= 0.3 is 5.97 Å². The van der Waals surface area contributed by atoms with E-state index in [4.69, 9.17) is 11.3 Å². The van der Waals surface area contributed by atoms with Crippen molar-refractivity contribution in [3.63, 3.8) is 0 Å². The molecule has 6 nitrogen and oxygen atoms in total. The number of carbonyl (C=O) groups is 1. The van der Waals surface area contributed by atoms with Gasteiger partial charge in [0, 0.05) is 24.6 Å². The first kappa shape index (κ1) is 15.1. The SMILES string of the molecule is [C-]#[N+]c1ccc2c(c1)CC1=C2[C@H]2OCC[C@H]2n2cc(C(=O)O)c(=O)cc21. The van der Waals surface area contributed by atoms with Crippen LogP contribution >= 0.6 is 0 Å². The molecule has 1 aliphatic carbocycles.